The standard InChI is InChI=1S/C11H10BrN2/c12-10-7-4-8-14(13)11(10)9-5-2-1-3-6-9/h1-8H,13H2/q+1. The predicted octanol–water partition coefficient (Wildman–Crippen LogP) is 2.12. The van der Waals surface area contributed by atoms with Crippen LogP contribution in [0.15, 0.2) is 53.1 Å². The lowest BCUT2D eigenvalue weighted by atomic mass is 10.1. The molecule has 0 aliphatic heterocycles. The molecule has 0 spiro atoms. The summed E-state index contributed by atoms with van der Waals surface area (Å²) in [6.45, 7) is 0. The van der Waals surface area contributed by atoms with Crippen LogP contribution in [-0.2, 0) is 0 Å². The van der Waals surface area contributed by atoms with Gasteiger partial charge < -0.3 is 0 Å². The van der Waals surface area contributed by atoms with Crippen LogP contribution in [-0.4, -0.2) is 0 Å². The van der Waals surface area contributed by atoms with Crippen LogP contribution in [0.3, 0.4) is 0 Å². The van der Waals surface area contributed by atoms with Crippen molar-refractivity contribution in [2.75, 3.05) is 5.84 Å². The van der Waals surface area contributed by atoms with Crippen molar-refractivity contribution >= 4 is 15.9 Å². The third-order valence-electron chi connectivity index (χ3n) is 2.02. The molecule has 1 heterocycles. The minimum atomic E-state index is 0.980. The summed E-state index contributed by atoms with van der Waals surface area (Å²) < 4.78 is 2.60. The summed E-state index contributed by atoms with van der Waals surface area (Å²) in [4.78, 5) is 0. The molecular formula is C11H10BrN2+. The predicted molar refractivity (Wildman–Crippen MR) is 59.9 cm³/mol. The average Bonchev–Trinajstić information content (AvgIpc) is 2.19. The maximum atomic E-state index is 5.84. The summed E-state index contributed by atoms with van der Waals surface area (Å²) >= 11 is 3.48. The molecule has 1 aromatic carbocycles. The second-order valence-electron chi connectivity index (χ2n) is 2.98. The average molecular weight is 250 g/mol. The molecule has 0 unspecified atom stereocenters. The molecule has 0 amide bonds. The number of pyridine rings is 1. The number of benzene rings is 1. The second kappa shape index (κ2) is 3.80. The Kier molecular flexibility index (Phi) is 2.50. The van der Waals surface area contributed by atoms with Gasteiger partial charge in [-0.15, -0.1) is 0 Å². The minimum absolute atomic E-state index is 0.980. The lowest BCUT2D eigenvalue weighted by Crippen LogP contribution is -2.46. The summed E-state index contributed by atoms with van der Waals surface area (Å²) in [6, 6.07) is 13.9. The van der Waals surface area contributed by atoms with Crippen molar-refractivity contribution in [1.82, 2.24) is 0 Å². The van der Waals surface area contributed by atoms with E-state index in [1.54, 1.807) is 4.68 Å². The first-order valence-corrected chi connectivity index (χ1v) is 5.09. The third-order valence-corrected chi connectivity index (χ3v) is 2.66. The first-order chi connectivity index (χ1) is 6.79. The molecule has 0 fully saturated rings. The van der Waals surface area contributed by atoms with Gasteiger partial charge in [0.15, 0.2) is 6.20 Å². The van der Waals surface area contributed by atoms with Gasteiger partial charge in [0.1, 0.15) is 0 Å². The highest BCUT2D eigenvalue weighted by Crippen LogP contribution is 2.23. The van der Waals surface area contributed by atoms with E-state index in [9.17, 15) is 0 Å². The highest BCUT2D eigenvalue weighted by Gasteiger charge is 2.13. The Morgan fingerprint density at radius 1 is 1.00 bits per heavy atom. The van der Waals surface area contributed by atoms with Crippen LogP contribution in [0.5, 0.6) is 0 Å². The molecule has 1 aromatic heterocycles. The summed E-state index contributed by atoms with van der Waals surface area (Å²) in [5.41, 5.74) is 2.08. The van der Waals surface area contributed by atoms with Gasteiger partial charge in [-0.1, -0.05) is 22.9 Å². The van der Waals surface area contributed by atoms with Gasteiger partial charge in [-0.3, -0.25) is 0 Å². The number of hydrogen-bond acceptors (Lipinski definition) is 1. The van der Waals surface area contributed by atoms with Gasteiger partial charge in [0.2, 0.25) is 0 Å². The SMILES string of the molecule is N[n+]1cccc(Br)c1-c1ccccc1. The normalized spacial score (nSPS) is 10.1. The maximum Gasteiger partial charge on any atom is 0.256 e. The van der Waals surface area contributed by atoms with E-state index < -0.39 is 0 Å². The number of nitrogen functional groups attached to an aromatic ring is 1. The van der Waals surface area contributed by atoms with E-state index in [1.807, 2.05) is 48.7 Å². The molecular weight excluding hydrogens is 240 g/mol. The van der Waals surface area contributed by atoms with Crippen molar-refractivity contribution in [3.63, 3.8) is 0 Å². The molecule has 0 atom stereocenters. The third kappa shape index (κ3) is 1.63. The van der Waals surface area contributed by atoms with Crippen molar-refractivity contribution in [1.29, 1.82) is 0 Å². The maximum absolute atomic E-state index is 5.84. The van der Waals surface area contributed by atoms with E-state index >= 15 is 0 Å². The first-order valence-electron chi connectivity index (χ1n) is 4.30. The Bertz CT molecular complexity index is 420. The molecule has 0 saturated heterocycles. The van der Waals surface area contributed by atoms with Crippen molar-refractivity contribution in [3.05, 3.63) is 53.1 Å². The Morgan fingerprint density at radius 2 is 1.71 bits per heavy atom. The molecule has 3 heteroatoms. The van der Waals surface area contributed by atoms with Crippen LogP contribution in [0.1, 0.15) is 0 Å². The molecule has 2 N–H and O–H groups in total. The Morgan fingerprint density at radius 3 is 2.36 bits per heavy atom. The Hall–Kier alpha value is -1.35. The molecule has 0 bridgehead atoms. The summed E-state index contributed by atoms with van der Waals surface area (Å²) in [5.74, 6) is 5.84. The molecule has 0 aliphatic carbocycles. The number of nitrogens with zero attached hydrogens (tertiary/aromatic N) is 1. The first kappa shape index (κ1) is 9.21. The number of nitrogens with two attached hydrogens (primary N) is 1. The largest absolute Gasteiger partial charge is 0.256 e. The van der Waals surface area contributed by atoms with E-state index in [1.165, 1.54) is 0 Å². The highest BCUT2D eigenvalue weighted by atomic mass is 79.9. The summed E-state index contributed by atoms with van der Waals surface area (Å²) in [6.07, 6.45) is 1.83. The fourth-order valence-corrected chi connectivity index (χ4v) is 1.97. The number of hydrogen-bond donors (Lipinski definition) is 1. The number of rotatable bonds is 1. The molecule has 0 saturated carbocycles. The molecule has 0 radical (unpaired) electrons. The fraction of sp³-hybridized carbons (Fsp3) is 0. The molecule has 2 aromatic rings. The summed E-state index contributed by atoms with van der Waals surface area (Å²) in [5, 5.41) is 0. The molecule has 0 aliphatic rings. The lowest BCUT2D eigenvalue weighted by molar-refractivity contribution is -0.628. The zero-order valence-corrected chi connectivity index (χ0v) is 9.11. The van der Waals surface area contributed by atoms with Crippen LogP contribution in [0.4, 0.5) is 0 Å². The van der Waals surface area contributed by atoms with Crippen molar-refractivity contribution in [2.24, 2.45) is 0 Å². The Balaban J connectivity index is 2.63. The van der Waals surface area contributed by atoms with Crippen molar-refractivity contribution in [3.8, 4) is 11.3 Å². The van der Waals surface area contributed by atoms with Gasteiger partial charge in [-0.2, -0.15) is 0 Å². The molecule has 70 valence electrons. The zero-order chi connectivity index (χ0) is 9.97. The van der Waals surface area contributed by atoms with Crippen LogP contribution in [0.25, 0.3) is 11.3 Å². The van der Waals surface area contributed by atoms with E-state index in [0.717, 1.165) is 15.7 Å². The molecule has 14 heavy (non-hydrogen) atoms. The zero-order valence-electron chi connectivity index (χ0n) is 7.52. The van der Waals surface area contributed by atoms with Gasteiger partial charge in [0.25, 0.3) is 5.69 Å². The van der Waals surface area contributed by atoms with E-state index in [0.29, 0.717) is 0 Å². The lowest BCUT2D eigenvalue weighted by Gasteiger charge is -2.00. The van der Waals surface area contributed by atoms with Crippen molar-refractivity contribution in [2.45, 2.75) is 0 Å². The van der Waals surface area contributed by atoms with Gasteiger partial charge in [0.05, 0.1) is 10.0 Å². The van der Waals surface area contributed by atoms with E-state index in [4.69, 9.17) is 5.84 Å². The quantitative estimate of drug-likeness (QED) is 0.609. The number of aromatic nitrogens is 1. The van der Waals surface area contributed by atoms with Crippen molar-refractivity contribution < 1.29 is 4.68 Å². The highest BCUT2D eigenvalue weighted by molar-refractivity contribution is 9.10. The summed E-state index contributed by atoms with van der Waals surface area (Å²) in [7, 11) is 0. The smallest absolute Gasteiger partial charge is 0.205 e. The van der Waals surface area contributed by atoms with Crippen LogP contribution in [0, 0.1) is 0 Å². The minimum Gasteiger partial charge on any atom is -0.205 e. The van der Waals surface area contributed by atoms with Gasteiger partial charge >= 0.3 is 0 Å². The monoisotopic (exact) mass is 249 g/mol. The topological polar surface area (TPSA) is 29.9 Å². The van der Waals surface area contributed by atoms with Crippen LogP contribution < -0.4 is 10.5 Å². The van der Waals surface area contributed by atoms with E-state index in [2.05, 4.69) is 15.9 Å². The molecule has 2 rings (SSSR count). The van der Waals surface area contributed by atoms with E-state index in [-0.39, 0.29) is 0 Å². The second-order valence-corrected chi connectivity index (χ2v) is 3.83. The van der Waals surface area contributed by atoms with Gasteiger partial charge in [0, 0.05) is 6.07 Å². The molecule has 2 nitrogen and oxygen atoms in total. The fourth-order valence-electron chi connectivity index (χ4n) is 1.38. The van der Waals surface area contributed by atoms with Crippen LogP contribution >= 0.6 is 15.9 Å². The van der Waals surface area contributed by atoms with Gasteiger partial charge in [-0.25, -0.2) is 5.84 Å². The van der Waals surface area contributed by atoms with Crippen LogP contribution in [0.2, 0.25) is 0 Å². The van der Waals surface area contributed by atoms with Gasteiger partial charge in [-0.05, 0) is 34.1 Å². The number of halogens is 1. The Labute approximate surface area is 91.1 Å².